The summed E-state index contributed by atoms with van der Waals surface area (Å²) in [6, 6.07) is 58.0. The number of anilines is 2. The summed E-state index contributed by atoms with van der Waals surface area (Å²) in [5, 5.41) is 29.3. The Morgan fingerprint density at radius 2 is 0.805 bits per heavy atom. The van der Waals surface area contributed by atoms with Crippen LogP contribution in [0.3, 0.4) is 0 Å². The number of hydrogen-bond donors (Lipinski definition) is 0. The number of hydrogen-bond acceptors (Lipinski definition) is 8. The molecule has 0 atom stereocenters. The van der Waals surface area contributed by atoms with E-state index in [-0.39, 0.29) is 44.5 Å². The van der Waals surface area contributed by atoms with Crippen LogP contribution in [0.2, 0.25) is 0 Å². The van der Waals surface area contributed by atoms with Gasteiger partial charge >= 0.3 is 32.7 Å². The average Bonchev–Trinajstić information content (AvgIpc) is 4.01. The first-order chi connectivity index (χ1) is 36.5. The van der Waals surface area contributed by atoms with Crippen molar-refractivity contribution in [1.82, 2.24) is 0 Å². The van der Waals surface area contributed by atoms with Crippen LogP contribution in [0, 0.1) is 0 Å². The summed E-state index contributed by atoms with van der Waals surface area (Å²) in [4.78, 5) is 17.5. The fourth-order valence-electron chi connectivity index (χ4n) is 8.64. The van der Waals surface area contributed by atoms with E-state index in [0.717, 1.165) is 58.5 Å². The molecular weight excluding hydrogens is 1030 g/mol. The third kappa shape index (κ3) is 20.5. The van der Waals surface area contributed by atoms with Gasteiger partial charge < -0.3 is 35.1 Å². The first-order valence-corrected chi connectivity index (χ1v) is 26.8. The van der Waals surface area contributed by atoms with Gasteiger partial charge in [0.25, 0.3) is 0 Å². The molecule has 7 aromatic rings. The molecule has 1 fully saturated rings. The van der Waals surface area contributed by atoms with E-state index in [9.17, 15) is 10.2 Å². The molecule has 9 nitrogen and oxygen atoms in total. The zero-order valence-electron chi connectivity index (χ0n) is 47.8. The molecule has 0 amide bonds. The van der Waals surface area contributed by atoms with Gasteiger partial charge in [-0.15, -0.1) is 0 Å². The van der Waals surface area contributed by atoms with Crippen molar-refractivity contribution < 1.29 is 47.7 Å². The van der Waals surface area contributed by atoms with Crippen LogP contribution in [0.4, 0.5) is 34.1 Å². The number of aliphatic imine (C=N–C) groups is 3. The van der Waals surface area contributed by atoms with E-state index >= 15 is 0 Å². The largest absolute Gasteiger partial charge is 3.00 e. The standard InChI is InChI=1S/C31H39N2.2C16H18N2O.C4H8O.Y/c1-20(2)25-16-12-17-26(21(3)4)29(25)32-31(24-14-10-9-11-15-24)33-30-27(22(5)6)18-13-19-28(30)23(7)8;2*1-18(2)15-11-7-6-8-13(15)12-16(19)17-14-9-4-3-5-10-14;1-2-4-5-3-1;/h9-23H,1-8H3;2*3-11H,12H2,1-2H3,(H,17,19);1-4H2;/q-1;;;;+3/p-2. The minimum absolute atomic E-state index is 0. The van der Waals surface area contributed by atoms with Crippen LogP contribution in [0.1, 0.15) is 131 Å². The number of ether oxygens (including phenoxy) is 1. The zero-order valence-corrected chi connectivity index (χ0v) is 50.6. The predicted octanol–water partition coefficient (Wildman–Crippen LogP) is 15.5. The van der Waals surface area contributed by atoms with E-state index in [4.69, 9.17) is 15.0 Å². The molecular formula is C67H81N6O3Y. The quantitative estimate of drug-likeness (QED) is 0.0750. The van der Waals surface area contributed by atoms with Crippen molar-refractivity contribution in [2.75, 3.05) is 51.2 Å². The van der Waals surface area contributed by atoms with E-state index in [1.165, 1.54) is 35.1 Å². The Labute approximate surface area is 487 Å². The van der Waals surface area contributed by atoms with E-state index in [2.05, 4.69) is 126 Å². The molecule has 7 aromatic carbocycles. The van der Waals surface area contributed by atoms with Gasteiger partial charge in [-0.25, -0.2) is 0 Å². The van der Waals surface area contributed by atoms with Gasteiger partial charge in [-0.3, -0.25) is 9.98 Å². The van der Waals surface area contributed by atoms with Gasteiger partial charge in [0.1, 0.15) is 0 Å². The van der Waals surface area contributed by atoms with Gasteiger partial charge in [0.15, 0.2) is 0 Å². The van der Waals surface area contributed by atoms with Crippen molar-refractivity contribution in [2.45, 2.75) is 105 Å². The molecule has 0 N–H and O–H groups in total. The second-order valence-electron chi connectivity index (χ2n) is 20.5. The van der Waals surface area contributed by atoms with E-state index < -0.39 is 0 Å². The SMILES string of the molecule is C1CCOC1.CC(C)c1cccc(C(C)C)c1N=C([N-]c1c(C(C)C)cccc1C(C)C)c1ccccc1.CN(C)c1ccccc1CC([O-])=Nc1ccccc1.CN(C)c1ccccc1CC([O-])=Nc1ccccc1.[Y+3]. The molecule has 8 rings (SSSR count). The van der Waals surface area contributed by atoms with Crippen molar-refractivity contribution in [3.63, 3.8) is 0 Å². The molecule has 1 heterocycles. The monoisotopic (exact) mass is 1110 g/mol. The molecule has 0 spiro atoms. The van der Waals surface area contributed by atoms with E-state index in [1.54, 1.807) is 0 Å². The van der Waals surface area contributed by atoms with Gasteiger partial charge in [0.2, 0.25) is 0 Å². The zero-order chi connectivity index (χ0) is 55.0. The molecule has 0 bridgehead atoms. The van der Waals surface area contributed by atoms with Crippen molar-refractivity contribution in [3.05, 3.63) is 220 Å². The summed E-state index contributed by atoms with van der Waals surface area (Å²) >= 11 is 0. The number of rotatable bonds is 15. The van der Waals surface area contributed by atoms with Gasteiger partial charge in [-0.2, -0.15) is 0 Å². The van der Waals surface area contributed by atoms with Crippen LogP contribution in [-0.4, -0.2) is 59.0 Å². The van der Waals surface area contributed by atoms with Crippen LogP contribution >= 0.6 is 0 Å². The first-order valence-electron chi connectivity index (χ1n) is 26.8. The summed E-state index contributed by atoms with van der Waals surface area (Å²) in [5.41, 5.74) is 13.8. The molecule has 0 radical (unpaired) electrons. The number of nitrogens with zero attached hydrogens (tertiary/aromatic N) is 6. The van der Waals surface area contributed by atoms with Crippen molar-refractivity contribution in [3.8, 4) is 0 Å². The predicted molar refractivity (Wildman–Crippen MR) is 321 cm³/mol. The molecule has 0 aromatic heterocycles. The van der Waals surface area contributed by atoms with Gasteiger partial charge in [-0.05, 0) is 135 Å². The van der Waals surface area contributed by atoms with Crippen LogP contribution in [0.5, 0.6) is 0 Å². The van der Waals surface area contributed by atoms with Gasteiger partial charge in [0, 0.05) is 65.6 Å². The minimum Gasteiger partial charge on any atom is -0.861 e. The second-order valence-corrected chi connectivity index (χ2v) is 20.5. The normalized spacial score (nSPS) is 12.4. The number of benzene rings is 7. The molecule has 1 aliphatic heterocycles. The van der Waals surface area contributed by atoms with E-state index in [1.807, 2.05) is 153 Å². The molecule has 10 heteroatoms. The Balaban J connectivity index is 0.000000249. The van der Waals surface area contributed by atoms with Gasteiger partial charge in [-0.1, -0.05) is 201 Å². The van der Waals surface area contributed by atoms with Crippen molar-refractivity contribution in [2.24, 2.45) is 15.0 Å². The topological polar surface area (TPSA) is 113 Å². The number of amidine groups is 1. The Morgan fingerprint density at radius 3 is 1.16 bits per heavy atom. The summed E-state index contributed by atoms with van der Waals surface area (Å²) < 4.78 is 4.94. The Morgan fingerprint density at radius 1 is 0.455 bits per heavy atom. The minimum atomic E-state index is -0.125. The Kier molecular flexibility index (Phi) is 27.1. The Bertz CT molecular complexity index is 2750. The molecule has 1 aliphatic rings. The Hall–Kier alpha value is -6.39. The third-order valence-electron chi connectivity index (χ3n) is 12.6. The van der Waals surface area contributed by atoms with Crippen LogP contribution < -0.4 is 20.0 Å². The van der Waals surface area contributed by atoms with Gasteiger partial charge in [0.05, 0.1) is 11.4 Å². The van der Waals surface area contributed by atoms with Crippen molar-refractivity contribution in [1.29, 1.82) is 0 Å². The maximum atomic E-state index is 12.0. The second kappa shape index (κ2) is 33.0. The molecule has 0 unspecified atom stereocenters. The fraction of sp³-hybridized carbons (Fsp3) is 0.328. The van der Waals surface area contributed by atoms with Crippen LogP contribution in [-0.2, 0) is 50.3 Å². The average molecular weight is 1110 g/mol. The van der Waals surface area contributed by atoms with Crippen LogP contribution in [0.15, 0.2) is 191 Å². The summed E-state index contributed by atoms with van der Waals surface area (Å²) in [6.07, 6.45) is 3.20. The molecule has 77 heavy (non-hydrogen) atoms. The smallest absolute Gasteiger partial charge is 0.861 e. The molecule has 0 aliphatic carbocycles. The molecule has 0 saturated carbocycles. The maximum Gasteiger partial charge on any atom is 3.00 e. The first kappa shape index (κ1) is 63.1. The molecule has 400 valence electrons. The summed E-state index contributed by atoms with van der Waals surface area (Å²) in [6.45, 7) is 19.9. The summed E-state index contributed by atoms with van der Waals surface area (Å²) in [7, 11) is 7.88. The van der Waals surface area contributed by atoms with Crippen LogP contribution in [0.25, 0.3) is 5.32 Å². The number of para-hydroxylation sites is 6. The molecule has 1 saturated heterocycles. The summed E-state index contributed by atoms with van der Waals surface area (Å²) in [5.74, 6) is 2.06. The third-order valence-corrected chi connectivity index (χ3v) is 12.6. The van der Waals surface area contributed by atoms with Crippen molar-refractivity contribution >= 4 is 51.8 Å². The maximum absolute atomic E-state index is 12.0. The fourth-order valence-corrected chi connectivity index (χ4v) is 8.64. The van der Waals surface area contributed by atoms with E-state index in [0.29, 0.717) is 47.9 Å².